The van der Waals surface area contributed by atoms with Crippen molar-refractivity contribution >= 4 is 69.1 Å². The maximum Gasteiger partial charge on any atom is 0.294 e. The van der Waals surface area contributed by atoms with Gasteiger partial charge in [0.25, 0.3) is 11.1 Å². The van der Waals surface area contributed by atoms with Crippen molar-refractivity contribution in [1.82, 2.24) is 9.80 Å². The van der Waals surface area contributed by atoms with Crippen LogP contribution in [0.4, 0.5) is 4.79 Å². The molecule has 166 valence electrons. The summed E-state index contributed by atoms with van der Waals surface area (Å²) < 4.78 is 6.75. The van der Waals surface area contributed by atoms with Crippen molar-refractivity contribution in [3.8, 4) is 5.75 Å². The van der Waals surface area contributed by atoms with E-state index < -0.39 is 11.1 Å². The minimum atomic E-state index is -0.429. The van der Waals surface area contributed by atoms with E-state index >= 15 is 0 Å². The van der Waals surface area contributed by atoms with Crippen molar-refractivity contribution < 1.29 is 19.1 Å². The van der Waals surface area contributed by atoms with Crippen LogP contribution in [0.15, 0.2) is 47.4 Å². The number of carbonyl (C=O) groups is 3. The van der Waals surface area contributed by atoms with Crippen molar-refractivity contribution in [3.05, 3.63) is 67.1 Å². The van der Waals surface area contributed by atoms with E-state index in [4.69, 9.17) is 16.3 Å². The average molecular weight is 583 g/mol. The van der Waals surface area contributed by atoms with Gasteiger partial charge in [0.05, 0.1) is 8.48 Å². The summed E-state index contributed by atoms with van der Waals surface area (Å²) >= 11 is 9.21. The summed E-state index contributed by atoms with van der Waals surface area (Å²) in [6, 6.07) is 13.0. The Labute approximate surface area is 209 Å². The largest absolute Gasteiger partial charge is 0.488 e. The minimum Gasteiger partial charge on any atom is -0.488 e. The lowest BCUT2D eigenvalue weighted by Gasteiger charge is -2.18. The normalized spacial score (nSPS) is 17.5. The van der Waals surface area contributed by atoms with Crippen LogP contribution in [0.3, 0.4) is 0 Å². The summed E-state index contributed by atoms with van der Waals surface area (Å²) in [5.74, 6) is 0.0919. The van der Waals surface area contributed by atoms with Gasteiger partial charge in [0, 0.05) is 23.7 Å². The summed E-state index contributed by atoms with van der Waals surface area (Å²) in [7, 11) is 0. The summed E-state index contributed by atoms with van der Waals surface area (Å²) in [6.45, 7) is 1.52. The van der Waals surface area contributed by atoms with Gasteiger partial charge in [0.1, 0.15) is 18.9 Å². The number of imide groups is 1. The molecule has 2 aromatic rings. The molecule has 0 aromatic heterocycles. The van der Waals surface area contributed by atoms with Gasteiger partial charge in [0.15, 0.2) is 0 Å². The molecule has 0 spiro atoms. The molecule has 0 radical (unpaired) electrons. The number of thioether (sulfide) groups is 1. The van der Waals surface area contributed by atoms with Crippen LogP contribution < -0.4 is 4.74 Å². The third-order valence-corrected chi connectivity index (χ3v) is 7.34. The van der Waals surface area contributed by atoms with E-state index in [2.05, 4.69) is 22.6 Å². The molecule has 0 saturated carbocycles. The smallest absolute Gasteiger partial charge is 0.294 e. The molecule has 0 bridgehead atoms. The average Bonchev–Trinajstić information content (AvgIpc) is 3.39. The highest BCUT2D eigenvalue weighted by molar-refractivity contribution is 14.1. The second-order valence-electron chi connectivity index (χ2n) is 7.43. The van der Waals surface area contributed by atoms with Gasteiger partial charge in [0.2, 0.25) is 5.91 Å². The SMILES string of the molecule is O=C(CN1C(=O)S/C(=C/c2ccc(OCc3ccccc3Cl)c(I)c2)C1=O)N1CCCC1. The highest BCUT2D eigenvalue weighted by atomic mass is 127. The van der Waals surface area contributed by atoms with Gasteiger partial charge < -0.3 is 9.64 Å². The Bertz CT molecular complexity index is 1100. The first kappa shape index (κ1) is 23.1. The fourth-order valence-corrected chi connectivity index (χ4v) is 5.21. The Morgan fingerprint density at radius 3 is 2.62 bits per heavy atom. The van der Waals surface area contributed by atoms with Crippen LogP contribution in [-0.4, -0.2) is 46.5 Å². The summed E-state index contributed by atoms with van der Waals surface area (Å²) in [5.41, 5.74) is 1.67. The van der Waals surface area contributed by atoms with Gasteiger partial charge in [-0.25, -0.2) is 0 Å². The number of halogens is 2. The molecule has 0 unspecified atom stereocenters. The van der Waals surface area contributed by atoms with Crippen LogP contribution in [0.1, 0.15) is 24.0 Å². The van der Waals surface area contributed by atoms with E-state index in [1.165, 1.54) is 0 Å². The molecule has 3 amide bonds. The Morgan fingerprint density at radius 2 is 1.91 bits per heavy atom. The van der Waals surface area contributed by atoms with E-state index in [-0.39, 0.29) is 12.5 Å². The Hall–Kier alpha value is -2.04. The van der Waals surface area contributed by atoms with Crippen LogP contribution >= 0.6 is 46.0 Å². The molecule has 2 saturated heterocycles. The van der Waals surface area contributed by atoms with Crippen LogP contribution in [0.25, 0.3) is 6.08 Å². The summed E-state index contributed by atoms with van der Waals surface area (Å²) in [4.78, 5) is 40.4. The zero-order valence-corrected chi connectivity index (χ0v) is 20.8. The van der Waals surface area contributed by atoms with Gasteiger partial charge in [-0.2, -0.15) is 0 Å². The van der Waals surface area contributed by atoms with Gasteiger partial charge in [-0.3, -0.25) is 19.3 Å². The first-order chi connectivity index (χ1) is 15.4. The predicted molar refractivity (Wildman–Crippen MR) is 133 cm³/mol. The number of ether oxygens (including phenoxy) is 1. The van der Waals surface area contributed by atoms with Gasteiger partial charge in [-0.1, -0.05) is 35.9 Å². The zero-order valence-electron chi connectivity index (χ0n) is 17.1. The molecule has 2 heterocycles. The molecule has 2 aliphatic rings. The molecule has 4 rings (SSSR count). The van der Waals surface area contributed by atoms with Crippen LogP contribution in [0.5, 0.6) is 5.75 Å². The molecular weight excluding hydrogens is 563 g/mol. The fraction of sp³-hybridized carbons (Fsp3) is 0.261. The van der Waals surface area contributed by atoms with E-state index in [9.17, 15) is 14.4 Å². The summed E-state index contributed by atoms with van der Waals surface area (Å²) in [5, 5.41) is 0.237. The quantitative estimate of drug-likeness (QED) is 0.347. The Morgan fingerprint density at radius 1 is 1.16 bits per heavy atom. The van der Waals surface area contributed by atoms with E-state index in [1.54, 1.807) is 11.0 Å². The molecule has 0 aliphatic carbocycles. The molecular formula is C23H20ClIN2O4S. The van der Waals surface area contributed by atoms with Crippen LogP contribution in [0, 0.1) is 3.57 Å². The molecule has 2 aromatic carbocycles. The number of carbonyl (C=O) groups excluding carboxylic acids is 3. The molecule has 32 heavy (non-hydrogen) atoms. The van der Waals surface area contributed by atoms with Gasteiger partial charge >= 0.3 is 0 Å². The van der Waals surface area contributed by atoms with Crippen molar-refractivity contribution in [2.24, 2.45) is 0 Å². The minimum absolute atomic E-state index is 0.180. The third-order valence-electron chi connectivity index (χ3n) is 5.22. The predicted octanol–water partition coefficient (Wildman–Crippen LogP) is 5.18. The van der Waals surface area contributed by atoms with Crippen molar-refractivity contribution in [2.45, 2.75) is 19.4 Å². The molecule has 0 atom stereocenters. The standard InChI is InChI=1S/C23H20ClIN2O4S/c24-17-6-2-1-5-16(17)14-31-19-8-7-15(11-18(19)25)12-20-22(29)27(23(30)32-20)13-21(28)26-9-3-4-10-26/h1-2,5-8,11-12H,3-4,9-10,13-14H2/b20-12+. The van der Waals surface area contributed by atoms with E-state index in [0.717, 1.165) is 44.2 Å². The van der Waals surface area contributed by atoms with Crippen LogP contribution in [0.2, 0.25) is 5.02 Å². The number of rotatable bonds is 6. The molecule has 6 nitrogen and oxygen atoms in total. The lowest BCUT2D eigenvalue weighted by atomic mass is 10.2. The number of benzene rings is 2. The van der Waals surface area contributed by atoms with Crippen molar-refractivity contribution in [3.63, 3.8) is 0 Å². The maximum atomic E-state index is 12.7. The van der Waals surface area contributed by atoms with Crippen molar-refractivity contribution in [1.29, 1.82) is 0 Å². The first-order valence-electron chi connectivity index (χ1n) is 10.1. The zero-order chi connectivity index (χ0) is 22.7. The Kier molecular flexibility index (Phi) is 7.42. The van der Waals surface area contributed by atoms with Gasteiger partial charge in [-0.15, -0.1) is 0 Å². The number of amides is 3. The number of hydrogen-bond donors (Lipinski definition) is 0. The van der Waals surface area contributed by atoms with Crippen LogP contribution in [-0.2, 0) is 16.2 Å². The third kappa shape index (κ3) is 5.29. The second-order valence-corrected chi connectivity index (χ2v) is 9.99. The van der Waals surface area contributed by atoms with E-state index in [0.29, 0.717) is 35.4 Å². The highest BCUT2D eigenvalue weighted by Crippen LogP contribution is 2.33. The molecule has 2 aliphatic heterocycles. The molecule has 9 heteroatoms. The highest BCUT2D eigenvalue weighted by Gasteiger charge is 2.37. The van der Waals surface area contributed by atoms with E-state index in [1.807, 2.05) is 42.5 Å². The number of hydrogen-bond acceptors (Lipinski definition) is 5. The summed E-state index contributed by atoms with van der Waals surface area (Å²) in [6.07, 6.45) is 3.60. The maximum absolute atomic E-state index is 12.7. The number of nitrogens with zero attached hydrogens (tertiary/aromatic N) is 2. The second kappa shape index (κ2) is 10.3. The monoisotopic (exact) mass is 582 g/mol. The lowest BCUT2D eigenvalue weighted by Crippen LogP contribution is -2.40. The van der Waals surface area contributed by atoms with Crippen molar-refractivity contribution in [2.75, 3.05) is 19.6 Å². The number of likely N-dealkylation sites (tertiary alicyclic amines) is 1. The fourth-order valence-electron chi connectivity index (χ4n) is 3.48. The first-order valence-corrected chi connectivity index (χ1v) is 12.4. The van der Waals surface area contributed by atoms with Gasteiger partial charge in [-0.05, 0) is 77.0 Å². The molecule has 2 fully saturated rings. The molecule has 0 N–H and O–H groups in total. The lowest BCUT2D eigenvalue weighted by molar-refractivity contribution is -0.135. The topological polar surface area (TPSA) is 66.9 Å². The Balaban J connectivity index is 1.42.